The monoisotopic (exact) mass is 418 g/mol. The maximum atomic E-state index is 13.2. The summed E-state index contributed by atoms with van der Waals surface area (Å²) in [7, 11) is 0. The molecule has 1 amide bonds. The number of carbonyl (C=O) groups excluding carboxylic acids is 1. The summed E-state index contributed by atoms with van der Waals surface area (Å²) in [5.74, 6) is 0.375. The second-order valence-corrected chi connectivity index (χ2v) is 7.43. The van der Waals surface area contributed by atoms with Crippen molar-refractivity contribution >= 4 is 11.6 Å². The molecule has 1 N–H and O–H groups in total. The molecule has 31 heavy (non-hydrogen) atoms. The van der Waals surface area contributed by atoms with E-state index in [0.717, 1.165) is 37.6 Å². The van der Waals surface area contributed by atoms with Crippen molar-refractivity contribution in [3.63, 3.8) is 0 Å². The van der Waals surface area contributed by atoms with Crippen LogP contribution in [-0.4, -0.2) is 43.5 Å². The first-order valence-electron chi connectivity index (χ1n) is 10.2. The summed E-state index contributed by atoms with van der Waals surface area (Å²) in [6.45, 7) is 3.58. The molecule has 4 rings (SSSR count). The highest BCUT2D eigenvalue weighted by Crippen LogP contribution is 2.24. The molecule has 1 aliphatic heterocycles. The molecule has 0 radical (unpaired) electrons. The molecule has 1 fully saturated rings. The van der Waals surface area contributed by atoms with Gasteiger partial charge < -0.3 is 14.6 Å². The minimum Gasteiger partial charge on any atom is -0.468 e. The van der Waals surface area contributed by atoms with Crippen LogP contribution >= 0.6 is 0 Å². The van der Waals surface area contributed by atoms with E-state index in [2.05, 4.69) is 15.1 Å². The summed E-state index contributed by atoms with van der Waals surface area (Å²) in [5, 5.41) is 11.9. The Morgan fingerprint density at radius 1 is 1.06 bits per heavy atom. The molecule has 2 heterocycles. The standard InChI is InChI=1S/C24H23FN4O2/c25-20-7-9-21(10-8-20)28-11-13-29(14-12-28)22(23-2-1-15-31-23)17-27-24(30)19-5-3-18(16-26)4-6-19/h1-10,15,22H,11-14,17H2,(H,27,30). The molecule has 7 heteroatoms. The quantitative estimate of drug-likeness (QED) is 0.662. The fourth-order valence-corrected chi connectivity index (χ4v) is 3.82. The summed E-state index contributed by atoms with van der Waals surface area (Å²) < 4.78 is 18.9. The lowest BCUT2D eigenvalue weighted by Gasteiger charge is -2.39. The smallest absolute Gasteiger partial charge is 0.251 e. The lowest BCUT2D eigenvalue weighted by Crippen LogP contribution is -2.49. The predicted molar refractivity (Wildman–Crippen MR) is 115 cm³/mol. The zero-order chi connectivity index (χ0) is 21.6. The van der Waals surface area contributed by atoms with Crippen LogP contribution in [0.15, 0.2) is 71.3 Å². The Bertz CT molecular complexity index is 1030. The van der Waals surface area contributed by atoms with E-state index in [-0.39, 0.29) is 17.8 Å². The second kappa shape index (κ2) is 9.45. The predicted octanol–water partition coefficient (Wildman–Crippen LogP) is 3.58. The number of nitrogens with one attached hydrogen (secondary N) is 1. The van der Waals surface area contributed by atoms with E-state index in [9.17, 15) is 9.18 Å². The summed E-state index contributed by atoms with van der Waals surface area (Å²) in [5.41, 5.74) is 2.03. The number of amides is 1. The fraction of sp³-hybridized carbons (Fsp3) is 0.250. The Kier molecular flexibility index (Phi) is 6.29. The zero-order valence-corrected chi connectivity index (χ0v) is 17.0. The number of carbonyl (C=O) groups is 1. The lowest BCUT2D eigenvalue weighted by atomic mass is 10.1. The van der Waals surface area contributed by atoms with Crippen LogP contribution in [0.2, 0.25) is 0 Å². The Balaban J connectivity index is 1.40. The van der Waals surface area contributed by atoms with Crippen LogP contribution < -0.4 is 10.2 Å². The molecular formula is C24H23FN4O2. The highest BCUT2D eigenvalue weighted by Gasteiger charge is 2.27. The molecule has 2 aromatic carbocycles. The van der Waals surface area contributed by atoms with E-state index in [1.54, 1.807) is 42.7 Å². The Labute approximate surface area is 180 Å². The lowest BCUT2D eigenvalue weighted by molar-refractivity contribution is 0.0923. The van der Waals surface area contributed by atoms with Crippen molar-refractivity contribution in [2.24, 2.45) is 0 Å². The van der Waals surface area contributed by atoms with E-state index in [1.807, 2.05) is 18.2 Å². The van der Waals surface area contributed by atoms with Gasteiger partial charge in [-0.2, -0.15) is 5.26 Å². The van der Waals surface area contributed by atoms with E-state index >= 15 is 0 Å². The third-order valence-electron chi connectivity index (χ3n) is 5.55. The molecule has 1 saturated heterocycles. The maximum Gasteiger partial charge on any atom is 0.251 e. The molecule has 0 saturated carbocycles. The molecule has 0 bridgehead atoms. The second-order valence-electron chi connectivity index (χ2n) is 7.43. The Morgan fingerprint density at radius 2 is 1.77 bits per heavy atom. The SMILES string of the molecule is N#Cc1ccc(C(=O)NCC(c2ccco2)N2CCN(c3ccc(F)cc3)CC2)cc1. The average molecular weight is 418 g/mol. The van der Waals surface area contributed by atoms with Gasteiger partial charge in [-0.1, -0.05) is 0 Å². The Hall–Kier alpha value is -3.63. The van der Waals surface area contributed by atoms with Gasteiger partial charge in [0.25, 0.3) is 5.91 Å². The number of nitrogens with zero attached hydrogens (tertiary/aromatic N) is 3. The van der Waals surface area contributed by atoms with Gasteiger partial charge in [0.1, 0.15) is 11.6 Å². The number of rotatable bonds is 6. The minimum absolute atomic E-state index is 0.0901. The Morgan fingerprint density at radius 3 is 2.39 bits per heavy atom. The summed E-state index contributed by atoms with van der Waals surface area (Å²) in [4.78, 5) is 17.1. The molecule has 1 atom stereocenters. The number of furan rings is 1. The van der Waals surface area contributed by atoms with Gasteiger partial charge in [-0.15, -0.1) is 0 Å². The van der Waals surface area contributed by atoms with Crippen molar-refractivity contribution in [1.82, 2.24) is 10.2 Å². The van der Waals surface area contributed by atoms with E-state index in [4.69, 9.17) is 9.68 Å². The van der Waals surface area contributed by atoms with Crippen LogP contribution in [0.5, 0.6) is 0 Å². The molecule has 0 spiro atoms. The number of hydrogen-bond acceptors (Lipinski definition) is 5. The molecular weight excluding hydrogens is 395 g/mol. The summed E-state index contributed by atoms with van der Waals surface area (Å²) >= 11 is 0. The molecule has 0 aliphatic carbocycles. The van der Waals surface area contributed by atoms with Gasteiger partial charge in [-0.25, -0.2) is 4.39 Å². The molecule has 1 aliphatic rings. The first kappa shape index (κ1) is 20.6. The first-order chi connectivity index (χ1) is 15.1. The highest BCUT2D eigenvalue weighted by atomic mass is 19.1. The minimum atomic E-state index is -0.238. The average Bonchev–Trinajstić information content (AvgIpc) is 3.35. The molecule has 1 aromatic heterocycles. The highest BCUT2D eigenvalue weighted by molar-refractivity contribution is 5.94. The van der Waals surface area contributed by atoms with Gasteiger partial charge in [-0.3, -0.25) is 9.69 Å². The van der Waals surface area contributed by atoms with Crippen molar-refractivity contribution in [2.75, 3.05) is 37.6 Å². The van der Waals surface area contributed by atoms with Crippen LogP contribution in [0.1, 0.15) is 27.7 Å². The van der Waals surface area contributed by atoms with Crippen molar-refractivity contribution in [3.8, 4) is 6.07 Å². The van der Waals surface area contributed by atoms with Gasteiger partial charge in [0.15, 0.2) is 0 Å². The summed E-state index contributed by atoms with van der Waals surface area (Å²) in [6, 6.07) is 18.8. The van der Waals surface area contributed by atoms with E-state index in [1.165, 1.54) is 12.1 Å². The third kappa shape index (κ3) is 4.93. The van der Waals surface area contributed by atoms with Crippen LogP contribution in [0.3, 0.4) is 0 Å². The van der Waals surface area contributed by atoms with Gasteiger partial charge >= 0.3 is 0 Å². The number of halogens is 1. The number of piperazine rings is 1. The van der Waals surface area contributed by atoms with Gasteiger partial charge in [0.2, 0.25) is 0 Å². The normalized spacial score (nSPS) is 15.3. The molecule has 1 unspecified atom stereocenters. The topological polar surface area (TPSA) is 72.5 Å². The number of nitriles is 1. The third-order valence-corrected chi connectivity index (χ3v) is 5.55. The van der Waals surface area contributed by atoms with Crippen LogP contribution in [0.4, 0.5) is 10.1 Å². The number of hydrogen-bond donors (Lipinski definition) is 1. The molecule has 158 valence electrons. The summed E-state index contributed by atoms with van der Waals surface area (Å²) in [6.07, 6.45) is 1.64. The van der Waals surface area contributed by atoms with Crippen molar-refractivity contribution in [1.29, 1.82) is 5.26 Å². The van der Waals surface area contributed by atoms with Crippen LogP contribution in [0.25, 0.3) is 0 Å². The fourth-order valence-electron chi connectivity index (χ4n) is 3.82. The first-order valence-corrected chi connectivity index (χ1v) is 10.2. The van der Waals surface area contributed by atoms with Crippen molar-refractivity contribution in [3.05, 3.63) is 89.6 Å². The maximum absolute atomic E-state index is 13.2. The van der Waals surface area contributed by atoms with Crippen molar-refractivity contribution in [2.45, 2.75) is 6.04 Å². The van der Waals surface area contributed by atoms with Crippen molar-refractivity contribution < 1.29 is 13.6 Å². The van der Waals surface area contributed by atoms with Crippen LogP contribution in [-0.2, 0) is 0 Å². The van der Waals surface area contributed by atoms with E-state index in [0.29, 0.717) is 17.7 Å². The molecule has 6 nitrogen and oxygen atoms in total. The largest absolute Gasteiger partial charge is 0.468 e. The van der Waals surface area contributed by atoms with Gasteiger partial charge in [-0.05, 0) is 60.7 Å². The number of benzene rings is 2. The van der Waals surface area contributed by atoms with Gasteiger partial charge in [0, 0.05) is 44.0 Å². The van der Waals surface area contributed by atoms with Crippen LogP contribution in [0, 0.1) is 17.1 Å². The molecule has 3 aromatic rings. The van der Waals surface area contributed by atoms with E-state index < -0.39 is 0 Å². The van der Waals surface area contributed by atoms with Gasteiger partial charge in [0.05, 0.1) is 23.9 Å². The number of anilines is 1. The zero-order valence-electron chi connectivity index (χ0n) is 17.0.